The number of hydrogen-bond acceptors (Lipinski definition) is 3. The minimum absolute atomic E-state index is 0.0735. The molecule has 24 heavy (non-hydrogen) atoms. The third kappa shape index (κ3) is 5.25. The lowest BCUT2D eigenvalue weighted by atomic mass is 10.2. The Hall–Kier alpha value is -2.04. The van der Waals surface area contributed by atoms with Crippen LogP contribution >= 0.6 is 11.8 Å². The van der Waals surface area contributed by atoms with Gasteiger partial charge in [0.15, 0.2) is 0 Å². The Morgan fingerprint density at radius 3 is 2.38 bits per heavy atom. The van der Waals surface area contributed by atoms with Crippen LogP contribution in [0.3, 0.4) is 0 Å². The summed E-state index contributed by atoms with van der Waals surface area (Å²) in [4.78, 5) is 17.7. The van der Waals surface area contributed by atoms with E-state index in [2.05, 4.69) is 37.1 Å². The number of carbonyl (C=O) groups is 1. The summed E-state index contributed by atoms with van der Waals surface area (Å²) in [5, 5.41) is 0. The number of thioether (sulfide) groups is 1. The zero-order valence-electron chi connectivity index (χ0n) is 14.3. The van der Waals surface area contributed by atoms with E-state index in [4.69, 9.17) is 0 Å². The molecule has 4 heteroatoms. The molecular formula is C20H24N2OS. The van der Waals surface area contributed by atoms with Gasteiger partial charge in [-0.25, -0.2) is 0 Å². The number of nitrogens with zero attached hydrogens (tertiary/aromatic N) is 2. The topological polar surface area (TPSA) is 23.6 Å². The highest BCUT2D eigenvalue weighted by molar-refractivity contribution is 7.98. The van der Waals surface area contributed by atoms with E-state index in [1.807, 2.05) is 42.3 Å². The molecule has 2 aromatic rings. The molecule has 0 aliphatic heterocycles. The predicted octanol–water partition coefficient (Wildman–Crippen LogP) is 4.06. The molecule has 0 aliphatic rings. The first-order chi connectivity index (χ1) is 11.6. The molecule has 0 bridgehead atoms. The van der Waals surface area contributed by atoms with Crippen LogP contribution in [0.4, 0.5) is 5.69 Å². The zero-order chi connectivity index (χ0) is 17.4. The fourth-order valence-corrected chi connectivity index (χ4v) is 2.91. The maximum atomic E-state index is 12.7. The Kier molecular flexibility index (Phi) is 7.09. The molecule has 0 heterocycles. The van der Waals surface area contributed by atoms with Crippen LogP contribution in [0, 0.1) is 0 Å². The van der Waals surface area contributed by atoms with Gasteiger partial charge in [0, 0.05) is 23.7 Å². The van der Waals surface area contributed by atoms with Gasteiger partial charge in [-0.05, 0) is 43.1 Å². The quantitative estimate of drug-likeness (QED) is 0.535. The van der Waals surface area contributed by atoms with Crippen molar-refractivity contribution < 1.29 is 4.79 Å². The molecule has 0 fully saturated rings. The van der Waals surface area contributed by atoms with Crippen LogP contribution in [0.25, 0.3) is 0 Å². The van der Waals surface area contributed by atoms with Gasteiger partial charge in [0.1, 0.15) is 0 Å². The van der Waals surface area contributed by atoms with E-state index in [9.17, 15) is 4.79 Å². The van der Waals surface area contributed by atoms with Crippen molar-refractivity contribution in [1.29, 1.82) is 0 Å². The monoisotopic (exact) mass is 340 g/mol. The largest absolute Gasteiger partial charge is 0.308 e. The Labute approximate surface area is 149 Å². The standard InChI is InChI=1S/C20H24N2OS/c1-4-14-22(18-8-6-5-7-9-18)20(23)16-21(2)15-17-10-12-19(24-3)13-11-17/h4-13H,1,14-16H2,2-3H3. The molecule has 2 rings (SSSR count). The van der Waals surface area contributed by atoms with E-state index in [0.717, 1.165) is 12.2 Å². The van der Waals surface area contributed by atoms with Gasteiger partial charge in [-0.15, -0.1) is 18.3 Å². The second kappa shape index (κ2) is 9.30. The summed E-state index contributed by atoms with van der Waals surface area (Å²) in [5.41, 5.74) is 2.11. The number of benzene rings is 2. The molecular weight excluding hydrogens is 316 g/mol. The summed E-state index contributed by atoms with van der Waals surface area (Å²) in [6.07, 6.45) is 3.82. The van der Waals surface area contributed by atoms with E-state index in [0.29, 0.717) is 13.1 Å². The molecule has 0 N–H and O–H groups in total. The number of rotatable bonds is 8. The maximum Gasteiger partial charge on any atom is 0.241 e. The number of carbonyl (C=O) groups excluding carboxylic acids is 1. The third-order valence-corrected chi connectivity index (χ3v) is 4.44. The average molecular weight is 340 g/mol. The van der Waals surface area contributed by atoms with E-state index in [1.54, 1.807) is 22.7 Å². The lowest BCUT2D eigenvalue weighted by Gasteiger charge is -2.24. The zero-order valence-corrected chi connectivity index (χ0v) is 15.1. The molecule has 0 aliphatic carbocycles. The normalized spacial score (nSPS) is 10.6. The van der Waals surface area contributed by atoms with Gasteiger partial charge in [-0.1, -0.05) is 36.4 Å². The molecule has 0 unspecified atom stereocenters. The molecule has 0 atom stereocenters. The Balaban J connectivity index is 1.98. The highest BCUT2D eigenvalue weighted by atomic mass is 32.2. The van der Waals surface area contributed by atoms with Gasteiger partial charge < -0.3 is 4.90 Å². The summed E-state index contributed by atoms with van der Waals surface area (Å²) < 4.78 is 0. The van der Waals surface area contributed by atoms with Gasteiger partial charge in [0.25, 0.3) is 0 Å². The summed E-state index contributed by atoms with van der Waals surface area (Å²) in [6.45, 7) is 5.39. The summed E-state index contributed by atoms with van der Waals surface area (Å²) in [6, 6.07) is 18.2. The molecule has 2 aromatic carbocycles. The Bertz CT molecular complexity index is 655. The van der Waals surface area contributed by atoms with E-state index >= 15 is 0 Å². The summed E-state index contributed by atoms with van der Waals surface area (Å²) in [5.74, 6) is 0.0735. The molecule has 126 valence electrons. The van der Waals surface area contributed by atoms with Crippen molar-refractivity contribution in [2.24, 2.45) is 0 Å². The number of amides is 1. The fraction of sp³-hybridized carbons (Fsp3) is 0.250. The number of likely N-dealkylation sites (N-methyl/N-ethyl adjacent to an activating group) is 1. The van der Waals surface area contributed by atoms with Gasteiger partial charge in [-0.2, -0.15) is 0 Å². The van der Waals surface area contributed by atoms with Crippen molar-refractivity contribution in [2.45, 2.75) is 11.4 Å². The SMILES string of the molecule is C=CCN(C(=O)CN(C)Cc1ccc(SC)cc1)c1ccccc1. The molecule has 3 nitrogen and oxygen atoms in total. The fourth-order valence-electron chi connectivity index (χ4n) is 2.50. The Morgan fingerprint density at radius 1 is 1.12 bits per heavy atom. The minimum atomic E-state index is 0.0735. The van der Waals surface area contributed by atoms with Crippen molar-refractivity contribution in [3.05, 3.63) is 72.8 Å². The van der Waals surface area contributed by atoms with Gasteiger partial charge in [0.05, 0.1) is 6.54 Å². The molecule has 0 aromatic heterocycles. The van der Waals surface area contributed by atoms with Gasteiger partial charge in [0.2, 0.25) is 5.91 Å². The van der Waals surface area contributed by atoms with Crippen LogP contribution in [0.5, 0.6) is 0 Å². The van der Waals surface area contributed by atoms with Crippen molar-refractivity contribution in [1.82, 2.24) is 4.90 Å². The highest BCUT2D eigenvalue weighted by Crippen LogP contribution is 2.16. The van der Waals surface area contributed by atoms with E-state index < -0.39 is 0 Å². The van der Waals surface area contributed by atoms with Gasteiger partial charge in [-0.3, -0.25) is 9.69 Å². The maximum absolute atomic E-state index is 12.7. The molecule has 0 radical (unpaired) electrons. The first kappa shape index (κ1) is 18.3. The highest BCUT2D eigenvalue weighted by Gasteiger charge is 2.16. The third-order valence-electron chi connectivity index (χ3n) is 3.70. The minimum Gasteiger partial charge on any atom is -0.308 e. The number of hydrogen-bond donors (Lipinski definition) is 0. The molecule has 0 saturated heterocycles. The smallest absolute Gasteiger partial charge is 0.241 e. The lowest BCUT2D eigenvalue weighted by Crippen LogP contribution is -2.39. The van der Waals surface area contributed by atoms with Crippen LogP contribution in [-0.4, -0.2) is 37.2 Å². The molecule has 0 spiro atoms. The second-order valence-electron chi connectivity index (χ2n) is 5.65. The lowest BCUT2D eigenvalue weighted by molar-refractivity contribution is -0.119. The van der Waals surface area contributed by atoms with Crippen LogP contribution in [-0.2, 0) is 11.3 Å². The Morgan fingerprint density at radius 2 is 1.79 bits per heavy atom. The van der Waals surface area contributed by atoms with E-state index in [-0.39, 0.29) is 5.91 Å². The van der Waals surface area contributed by atoms with Crippen molar-refractivity contribution in [3.8, 4) is 0 Å². The van der Waals surface area contributed by atoms with Crippen molar-refractivity contribution in [2.75, 3.05) is 31.3 Å². The first-order valence-electron chi connectivity index (χ1n) is 7.92. The molecule has 0 saturated carbocycles. The van der Waals surface area contributed by atoms with E-state index in [1.165, 1.54) is 10.5 Å². The second-order valence-corrected chi connectivity index (χ2v) is 6.53. The van der Waals surface area contributed by atoms with Crippen LogP contribution in [0.15, 0.2) is 72.1 Å². The predicted molar refractivity (Wildman–Crippen MR) is 104 cm³/mol. The molecule has 1 amide bonds. The number of para-hydroxylation sites is 1. The van der Waals surface area contributed by atoms with Crippen LogP contribution in [0.2, 0.25) is 0 Å². The average Bonchev–Trinajstić information content (AvgIpc) is 2.60. The summed E-state index contributed by atoms with van der Waals surface area (Å²) in [7, 11) is 1.97. The van der Waals surface area contributed by atoms with Gasteiger partial charge >= 0.3 is 0 Å². The van der Waals surface area contributed by atoms with Crippen LogP contribution in [0.1, 0.15) is 5.56 Å². The number of anilines is 1. The summed E-state index contributed by atoms with van der Waals surface area (Å²) >= 11 is 1.73. The first-order valence-corrected chi connectivity index (χ1v) is 9.14. The van der Waals surface area contributed by atoms with Crippen LogP contribution < -0.4 is 4.90 Å². The van der Waals surface area contributed by atoms with Crippen molar-refractivity contribution >= 4 is 23.4 Å². The van der Waals surface area contributed by atoms with Crippen molar-refractivity contribution in [3.63, 3.8) is 0 Å².